The van der Waals surface area contributed by atoms with Crippen LogP contribution in [0.3, 0.4) is 0 Å². The second-order valence-electron chi connectivity index (χ2n) is 6.21. The SMILES string of the molecule is COc1cccc([C@@H]2CCN2C(=O)c2cc(F)ccc2OCCCN)c1. The minimum Gasteiger partial charge on any atom is -0.497 e. The van der Waals surface area contributed by atoms with Crippen molar-refractivity contribution in [2.24, 2.45) is 5.73 Å². The number of carbonyl (C=O) groups excluding carboxylic acids is 1. The van der Waals surface area contributed by atoms with Crippen LogP contribution in [0.15, 0.2) is 42.5 Å². The highest BCUT2D eigenvalue weighted by Crippen LogP contribution is 2.37. The predicted octanol–water partition coefficient (Wildman–Crippen LogP) is 3.15. The normalized spacial score (nSPS) is 16.1. The summed E-state index contributed by atoms with van der Waals surface area (Å²) in [6, 6.07) is 11.6. The van der Waals surface area contributed by atoms with E-state index in [1.807, 2.05) is 24.3 Å². The van der Waals surface area contributed by atoms with Gasteiger partial charge in [-0.2, -0.15) is 0 Å². The van der Waals surface area contributed by atoms with Crippen LogP contribution in [0.25, 0.3) is 0 Å². The zero-order valence-corrected chi connectivity index (χ0v) is 14.8. The molecule has 0 bridgehead atoms. The largest absolute Gasteiger partial charge is 0.497 e. The summed E-state index contributed by atoms with van der Waals surface area (Å²) in [6.07, 6.45) is 1.53. The molecule has 0 aromatic heterocycles. The molecule has 1 atom stereocenters. The summed E-state index contributed by atoms with van der Waals surface area (Å²) >= 11 is 0. The average molecular weight is 358 g/mol. The Bertz CT molecular complexity index is 781. The first-order chi connectivity index (χ1) is 12.6. The fourth-order valence-electron chi connectivity index (χ4n) is 3.04. The summed E-state index contributed by atoms with van der Waals surface area (Å²) < 4.78 is 24.6. The van der Waals surface area contributed by atoms with Crippen LogP contribution in [0, 0.1) is 5.82 Å². The van der Waals surface area contributed by atoms with Gasteiger partial charge in [0.25, 0.3) is 5.91 Å². The third kappa shape index (κ3) is 3.80. The standard InChI is InChI=1S/C20H23FN2O3/c1-25-16-5-2-4-14(12-16)18-8-10-23(18)20(24)17-13-15(21)6-7-19(17)26-11-3-9-22/h2,4-7,12-13,18H,3,8-11,22H2,1H3/t18-/m0/s1. The Morgan fingerprint density at radius 1 is 1.31 bits per heavy atom. The van der Waals surface area contributed by atoms with Crippen molar-refractivity contribution >= 4 is 5.91 Å². The minimum absolute atomic E-state index is 0.0437. The zero-order chi connectivity index (χ0) is 18.5. The number of carbonyl (C=O) groups is 1. The van der Waals surface area contributed by atoms with Crippen molar-refractivity contribution in [1.29, 1.82) is 0 Å². The van der Waals surface area contributed by atoms with E-state index in [9.17, 15) is 9.18 Å². The van der Waals surface area contributed by atoms with Gasteiger partial charge in [-0.1, -0.05) is 12.1 Å². The third-order valence-corrected chi connectivity index (χ3v) is 4.54. The van der Waals surface area contributed by atoms with E-state index >= 15 is 0 Å². The van der Waals surface area contributed by atoms with E-state index < -0.39 is 5.82 Å². The molecule has 1 amide bonds. The van der Waals surface area contributed by atoms with Crippen molar-refractivity contribution in [3.63, 3.8) is 0 Å². The predicted molar refractivity (Wildman–Crippen MR) is 97.0 cm³/mol. The number of halogens is 1. The van der Waals surface area contributed by atoms with Gasteiger partial charge in [0.05, 0.1) is 25.3 Å². The number of nitrogens with zero attached hydrogens (tertiary/aromatic N) is 1. The summed E-state index contributed by atoms with van der Waals surface area (Å²) in [5.74, 6) is 0.448. The van der Waals surface area contributed by atoms with Crippen LogP contribution < -0.4 is 15.2 Å². The van der Waals surface area contributed by atoms with Crippen LogP contribution in [-0.4, -0.2) is 37.6 Å². The van der Waals surface area contributed by atoms with E-state index in [2.05, 4.69) is 0 Å². The van der Waals surface area contributed by atoms with Crippen LogP contribution in [-0.2, 0) is 0 Å². The molecule has 1 fully saturated rings. The molecule has 1 aliphatic rings. The van der Waals surface area contributed by atoms with Gasteiger partial charge in [-0.3, -0.25) is 4.79 Å². The summed E-state index contributed by atoms with van der Waals surface area (Å²) in [6.45, 7) is 1.51. The summed E-state index contributed by atoms with van der Waals surface area (Å²) in [5, 5.41) is 0. The van der Waals surface area contributed by atoms with Gasteiger partial charge in [0.2, 0.25) is 0 Å². The van der Waals surface area contributed by atoms with Crippen molar-refractivity contribution in [1.82, 2.24) is 4.90 Å². The van der Waals surface area contributed by atoms with Crippen LogP contribution in [0.1, 0.15) is 34.8 Å². The number of ether oxygens (including phenoxy) is 2. The molecule has 6 heteroatoms. The van der Waals surface area contributed by atoms with Crippen molar-refractivity contribution in [3.8, 4) is 11.5 Å². The van der Waals surface area contributed by atoms with Gasteiger partial charge in [-0.15, -0.1) is 0 Å². The molecule has 0 spiro atoms. The fraction of sp³-hybridized carbons (Fsp3) is 0.350. The lowest BCUT2D eigenvalue weighted by molar-refractivity contribution is 0.0455. The lowest BCUT2D eigenvalue weighted by Gasteiger charge is -2.41. The molecule has 0 aliphatic carbocycles. The molecule has 0 radical (unpaired) electrons. The molecular weight excluding hydrogens is 335 g/mol. The van der Waals surface area contributed by atoms with Crippen LogP contribution in [0.2, 0.25) is 0 Å². The van der Waals surface area contributed by atoms with E-state index in [1.165, 1.54) is 18.2 Å². The number of amides is 1. The van der Waals surface area contributed by atoms with Crippen LogP contribution in [0.5, 0.6) is 11.5 Å². The maximum atomic E-state index is 13.7. The highest BCUT2D eigenvalue weighted by Gasteiger charge is 2.35. The number of hydrogen-bond acceptors (Lipinski definition) is 4. The van der Waals surface area contributed by atoms with Crippen molar-refractivity contribution in [2.45, 2.75) is 18.9 Å². The Kier molecular flexibility index (Phi) is 5.73. The van der Waals surface area contributed by atoms with E-state index in [1.54, 1.807) is 12.0 Å². The zero-order valence-electron chi connectivity index (χ0n) is 14.8. The molecular formula is C20H23FN2O3. The molecule has 0 saturated carbocycles. The van der Waals surface area contributed by atoms with Gasteiger partial charge >= 0.3 is 0 Å². The molecule has 1 heterocycles. The number of methoxy groups -OCH3 is 1. The number of rotatable bonds is 7. The van der Waals surface area contributed by atoms with Crippen molar-refractivity contribution < 1.29 is 18.7 Å². The molecule has 0 unspecified atom stereocenters. The van der Waals surface area contributed by atoms with Gasteiger partial charge in [-0.25, -0.2) is 4.39 Å². The monoisotopic (exact) mass is 358 g/mol. The molecule has 1 saturated heterocycles. The number of likely N-dealkylation sites (tertiary alicyclic amines) is 1. The smallest absolute Gasteiger partial charge is 0.258 e. The Morgan fingerprint density at radius 2 is 2.15 bits per heavy atom. The topological polar surface area (TPSA) is 64.8 Å². The molecule has 138 valence electrons. The Hall–Kier alpha value is -2.60. The number of nitrogens with two attached hydrogens (primary N) is 1. The number of hydrogen-bond donors (Lipinski definition) is 1. The molecule has 2 N–H and O–H groups in total. The third-order valence-electron chi connectivity index (χ3n) is 4.54. The van der Waals surface area contributed by atoms with E-state index in [-0.39, 0.29) is 17.5 Å². The summed E-state index contributed by atoms with van der Waals surface area (Å²) in [7, 11) is 1.61. The molecule has 2 aromatic carbocycles. The summed E-state index contributed by atoms with van der Waals surface area (Å²) in [5.41, 5.74) is 6.72. The van der Waals surface area contributed by atoms with Gasteiger partial charge < -0.3 is 20.1 Å². The lowest BCUT2D eigenvalue weighted by Crippen LogP contribution is -2.45. The van der Waals surface area contributed by atoms with Crippen LogP contribution in [0.4, 0.5) is 4.39 Å². The van der Waals surface area contributed by atoms with Gasteiger partial charge in [0, 0.05) is 6.54 Å². The molecule has 2 aromatic rings. The maximum Gasteiger partial charge on any atom is 0.258 e. The molecule has 3 rings (SSSR count). The molecule has 26 heavy (non-hydrogen) atoms. The summed E-state index contributed by atoms with van der Waals surface area (Å²) in [4.78, 5) is 14.7. The second kappa shape index (κ2) is 8.19. The number of benzene rings is 2. The fourth-order valence-corrected chi connectivity index (χ4v) is 3.04. The Balaban J connectivity index is 1.81. The van der Waals surface area contributed by atoms with E-state index in [4.69, 9.17) is 15.2 Å². The Labute approximate surface area is 152 Å². The molecule has 5 nitrogen and oxygen atoms in total. The van der Waals surface area contributed by atoms with E-state index in [0.717, 1.165) is 17.7 Å². The first kappa shape index (κ1) is 18.2. The van der Waals surface area contributed by atoms with E-state index in [0.29, 0.717) is 31.9 Å². The highest BCUT2D eigenvalue weighted by molar-refractivity contribution is 5.97. The van der Waals surface area contributed by atoms with Gasteiger partial charge in [0.15, 0.2) is 0 Å². The Morgan fingerprint density at radius 3 is 2.85 bits per heavy atom. The van der Waals surface area contributed by atoms with Crippen LogP contribution >= 0.6 is 0 Å². The first-order valence-corrected chi connectivity index (χ1v) is 8.71. The van der Waals surface area contributed by atoms with Crippen molar-refractivity contribution in [2.75, 3.05) is 26.8 Å². The highest BCUT2D eigenvalue weighted by atomic mass is 19.1. The lowest BCUT2D eigenvalue weighted by atomic mass is 9.93. The van der Waals surface area contributed by atoms with Gasteiger partial charge in [-0.05, 0) is 55.3 Å². The first-order valence-electron chi connectivity index (χ1n) is 8.71. The van der Waals surface area contributed by atoms with Gasteiger partial charge in [0.1, 0.15) is 17.3 Å². The minimum atomic E-state index is -0.460. The molecule has 1 aliphatic heterocycles. The second-order valence-corrected chi connectivity index (χ2v) is 6.21. The quantitative estimate of drug-likeness (QED) is 0.772. The van der Waals surface area contributed by atoms with Crippen molar-refractivity contribution in [3.05, 3.63) is 59.4 Å². The maximum absolute atomic E-state index is 13.7. The average Bonchev–Trinajstić information content (AvgIpc) is 2.62.